The molecule has 0 spiro atoms. The summed E-state index contributed by atoms with van der Waals surface area (Å²) in [7, 11) is 6.01. The Hall–Kier alpha value is -1.62. The second-order valence-electron chi connectivity index (χ2n) is 6.48. The molecule has 1 unspecified atom stereocenters. The molecule has 5 heteroatoms. The van der Waals surface area contributed by atoms with Crippen molar-refractivity contribution in [3.05, 3.63) is 23.7 Å². The molecule has 0 aromatic rings. The molecule has 1 aliphatic rings. The van der Waals surface area contributed by atoms with Crippen molar-refractivity contribution in [2.75, 3.05) is 34.2 Å². The third-order valence-corrected chi connectivity index (χ3v) is 4.44. The molecule has 0 aliphatic carbocycles. The Bertz CT molecular complexity index is 476. The maximum Gasteiger partial charge on any atom is 0.151 e. The minimum absolute atomic E-state index is 0.680. The van der Waals surface area contributed by atoms with Crippen LogP contribution in [0.2, 0.25) is 0 Å². The molecular weight excluding hydrogens is 298 g/mol. The molecule has 1 aliphatic heterocycles. The van der Waals surface area contributed by atoms with Crippen LogP contribution in [0.25, 0.3) is 0 Å². The van der Waals surface area contributed by atoms with E-state index in [1.54, 1.807) is 0 Å². The Morgan fingerprint density at radius 3 is 2.67 bits per heavy atom. The lowest BCUT2D eigenvalue weighted by molar-refractivity contribution is 0.0966. The summed E-state index contributed by atoms with van der Waals surface area (Å²) >= 11 is 0. The average Bonchev–Trinajstić information content (AvgIpc) is 2.56. The van der Waals surface area contributed by atoms with Crippen molar-refractivity contribution in [3.8, 4) is 0 Å². The number of hydrazine groups is 1. The zero-order valence-electron chi connectivity index (χ0n) is 16.2. The third kappa shape index (κ3) is 6.11. The molecule has 0 saturated heterocycles. The lowest BCUT2D eigenvalue weighted by atomic mass is 9.89. The van der Waals surface area contributed by atoms with Gasteiger partial charge in [-0.1, -0.05) is 19.8 Å². The Morgan fingerprint density at radius 2 is 2.08 bits per heavy atom. The first-order chi connectivity index (χ1) is 11.5. The van der Waals surface area contributed by atoms with Crippen molar-refractivity contribution < 1.29 is 0 Å². The van der Waals surface area contributed by atoms with Gasteiger partial charge in [0.15, 0.2) is 5.82 Å². The van der Waals surface area contributed by atoms with Gasteiger partial charge in [-0.2, -0.15) is 0 Å². The Balaban J connectivity index is 3.34. The number of hydrogen-bond acceptors (Lipinski definition) is 5. The molecule has 0 saturated carbocycles. The van der Waals surface area contributed by atoms with Crippen LogP contribution in [-0.4, -0.2) is 56.7 Å². The highest BCUT2D eigenvalue weighted by atomic mass is 15.6. The number of nitrogens with zero attached hydrogens (tertiary/aromatic N) is 4. The van der Waals surface area contributed by atoms with Gasteiger partial charge in [-0.15, -0.1) is 0 Å². The van der Waals surface area contributed by atoms with Crippen LogP contribution < -0.4 is 5.32 Å². The fraction of sp³-hybridized carbons (Fsp3) is 0.684. The molecule has 5 nitrogen and oxygen atoms in total. The van der Waals surface area contributed by atoms with Crippen LogP contribution in [-0.2, 0) is 0 Å². The normalized spacial score (nSPS) is 24.4. The molecule has 1 atom stereocenters. The Morgan fingerprint density at radius 1 is 1.33 bits per heavy atom. The zero-order valence-corrected chi connectivity index (χ0v) is 16.2. The Labute approximate surface area is 148 Å². The van der Waals surface area contributed by atoms with E-state index in [-0.39, 0.29) is 0 Å². The van der Waals surface area contributed by atoms with Crippen LogP contribution in [0.15, 0.2) is 33.7 Å². The van der Waals surface area contributed by atoms with Crippen molar-refractivity contribution in [2.45, 2.75) is 46.0 Å². The van der Waals surface area contributed by atoms with E-state index in [1.807, 2.05) is 37.4 Å². The van der Waals surface area contributed by atoms with E-state index in [9.17, 15) is 0 Å². The van der Waals surface area contributed by atoms with E-state index in [2.05, 4.69) is 37.0 Å². The van der Waals surface area contributed by atoms with Crippen molar-refractivity contribution in [1.82, 2.24) is 15.3 Å². The molecule has 1 rings (SSSR count). The molecule has 0 bridgehead atoms. The first-order valence-corrected chi connectivity index (χ1v) is 9.10. The molecular formula is C19H35N5. The molecule has 0 aromatic carbocycles. The van der Waals surface area contributed by atoms with Gasteiger partial charge in [0.2, 0.25) is 0 Å². The zero-order chi connectivity index (χ0) is 17.9. The Kier molecular flexibility index (Phi) is 9.38. The lowest BCUT2D eigenvalue weighted by Crippen LogP contribution is -2.33. The third-order valence-electron chi connectivity index (χ3n) is 4.44. The molecule has 0 amide bonds. The van der Waals surface area contributed by atoms with Gasteiger partial charge < -0.3 is 5.32 Å². The summed E-state index contributed by atoms with van der Waals surface area (Å²) in [6, 6.07) is 0. The summed E-state index contributed by atoms with van der Waals surface area (Å²) in [5, 5.41) is 7.41. The summed E-state index contributed by atoms with van der Waals surface area (Å²) < 4.78 is 0. The van der Waals surface area contributed by atoms with Crippen molar-refractivity contribution in [1.29, 1.82) is 0 Å². The van der Waals surface area contributed by atoms with Crippen molar-refractivity contribution >= 4 is 12.4 Å². The molecule has 1 N–H and O–H groups in total. The number of aliphatic imine (C=N–C) groups is 2. The fourth-order valence-corrected chi connectivity index (χ4v) is 3.05. The van der Waals surface area contributed by atoms with E-state index in [0.29, 0.717) is 5.92 Å². The average molecular weight is 334 g/mol. The summed E-state index contributed by atoms with van der Waals surface area (Å²) in [4.78, 5) is 9.15. The first kappa shape index (κ1) is 20.4. The van der Waals surface area contributed by atoms with Crippen molar-refractivity contribution in [2.24, 2.45) is 15.9 Å². The van der Waals surface area contributed by atoms with Gasteiger partial charge in [-0.05, 0) is 51.1 Å². The predicted octanol–water partition coefficient (Wildman–Crippen LogP) is 3.47. The summed E-state index contributed by atoms with van der Waals surface area (Å²) in [5.41, 5.74) is 2.21. The minimum atomic E-state index is 0.680. The van der Waals surface area contributed by atoms with Gasteiger partial charge in [-0.25, -0.2) is 10.0 Å². The lowest BCUT2D eigenvalue weighted by Gasteiger charge is -2.29. The van der Waals surface area contributed by atoms with E-state index >= 15 is 0 Å². The standard InChI is InChI=1S/C19H35N5/c1-7-10-16-11-9-13-21-14-12-17(18(15-16)22-8-2)19(20-3)24(6)23(4)5/h12,14,16,21H,3,7-11,13,15H2,1-2,4-6H3/b14-12-,19-17+,22-18?. The van der Waals surface area contributed by atoms with Gasteiger partial charge in [0.05, 0.1) is 0 Å². The molecule has 0 fully saturated rings. The largest absolute Gasteiger partial charge is 0.391 e. The highest BCUT2D eigenvalue weighted by Crippen LogP contribution is 2.24. The summed E-state index contributed by atoms with van der Waals surface area (Å²) in [6.07, 6.45) is 10.1. The SMILES string of the molecule is C=N/C(=C1/C=C\NCCCC(CCC)CC1=NCC)N(C)N(C)C. The highest BCUT2D eigenvalue weighted by molar-refractivity contribution is 6.03. The number of hydrogen-bond donors (Lipinski definition) is 1. The molecule has 136 valence electrons. The number of rotatable bonds is 6. The van der Waals surface area contributed by atoms with E-state index < -0.39 is 0 Å². The second kappa shape index (κ2) is 11.0. The monoisotopic (exact) mass is 333 g/mol. The number of allylic oxidation sites excluding steroid dienone is 2. The van der Waals surface area contributed by atoms with Gasteiger partial charge >= 0.3 is 0 Å². The van der Waals surface area contributed by atoms with Gasteiger partial charge in [0, 0.05) is 45.5 Å². The fourth-order valence-electron chi connectivity index (χ4n) is 3.05. The van der Waals surface area contributed by atoms with Crippen molar-refractivity contribution in [3.63, 3.8) is 0 Å². The van der Waals surface area contributed by atoms with E-state index in [0.717, 1.165) is 36.6 Å². The van der Waals surface area contributed by atoms with Crippen LogP contribution in [0, 0.1) is 5.92 Å². The molecule has 0 radical (unpaired) electrons. The van der Waals surface area contributed by atoms with Crippen LogP contribution in [0.3, 0.4) is 0 Å². The van der Waals surface area contributed by atoms with Gasteiger partial charge in [0.25, 0.3) is 0 Å². The van der Waals surface area contributed by atoms with Crippen LogP contribution >= 0.6 is 0 Å². The summed E-state index contributed by atoms with van der Waals surface area (Å²) in [6.45, 7) is 9.96. The first-order valence-electron chi connectivity index (χ1n) is 9.10. The highest BCUT2D eigenvalue weighted by Gasteiger charge is 2.19. The maximum absolute atomic E-state index is 4.83. The van der Waals surface area contributed by atoms with Crippen LogP contribution in [0.5, 0.6) is 0 Å². The van der Waals surface area contributed by atoms with Crippen LogP contribution in [0.1, 0.15) is 46.0 Å². The van der Waals surface area contributed by atoms with Gasteiger partial charge in [-0.3, -0.25) is 10.0 Å². The molecule has 0 aromatic heterocycles. The predicted molar refractivity (Wildman–Crippen MR) is 105 cm³/mol. The smallest absolute Gasteiger partial charge is 0.151 e. The van der Waals surface area contributed by atoms with Gasteiger partial charge in [0.1, 0.15) is 0 Å². The topological polar surface area (TPSA) is 43.2 Å². The van der Waals surface area contributed by atoms with E-state index in [4.69, 9.17) is 4.99 Å². The van der Waals surface area contributed by atoms with E-state index in [1.165, 1.54) is 25.7 Å². The quantitative estimate of drug-likeness (QED) is 0.598. The molecule has 24 heavy (non-hydrogen) atoms. The minimum Gasteiger partial charge on any atom is -0.391 e. The second-order valence-corrected chi connectivity index (χ2v) is 6.48. The maximum atomic E-state index is 4.83. The molecule has 1 heterocycles. The number of nitrogens with one attached hydrogen (secondary N) is 1. The van der Waals surface area contributed by atoms with Crippen LogP contribution in [0.4, 0.5) is 0 Å². The summed E-state index contributed by atoms with van der Waals surface area (Å²) in [5.74, 6) is 1.53.